The standard InChI is InChI=1S/C15H26N2O3/c1-15(2,3)17(11-9-13(18)19)14(20)16-10-8-12-6-4-5-7-12/h6H,4-5,7-11H2,1-3H3,(H,16,20)(H,18,19). The molecule has 5 heteroatoms. The fourth-order valence-corrected chi connectivity index (χ4v) is 2.34. The maximum absolute atomic E-state index is 12.2. The van der Waals surface area contributed by atoms with Gasteiger partial charge >= 0.3 is 12.0 Å². The van der Waals surface area contributed by atoms with Gasteiger partial charge in [0.2, 0.25) is 0 Å². The molecule has 1 aliphatic carbocycles. The van der Waals surface area contributed by atoms with Gasteiger partial charge in [-0.2, -0.15) is 0 Å². The average Bonchev–Trinajstić information content (AvgIpc) is 2.79. The average molecular weight is 282 g/mol. The molecule has 0 heterocycles. The van der Waals surface area contributed by atoms with Crippen molar-refractivity contribution in [3.05, 3.63) is 11.6 Å². The van der Waals surface area contributed by atoms with Gasteiger partial charge in [-0.1, -0.05) is 11.6 Å². The van der Waals surface area contributed by atoms with Gasteiger partial charge in [0.05, 0.1) is 6.42 Å². The van der Waals surface area contributed by atoms with Gasteiger partial charge in [-0.3, -0.25) is 4.79 Å². The number of allylic oxidation sites excluding steroid dienone is 1. The number of carbonyl (C=O) groups excluding carboxylic acids is 1. The van der Waals surface area contributed by atoms with Gasteiger partial charge in [0.15, 0.2) is 0 Å². The van der Waals surface area contributed by atoms with Crippen molar-refractivity contribution >= 4 is 12.0 Å². The molecule has 2 N–H and O–H groups in total. The van der Waals surface area contributed by atoms with Gasteiger partial charge in [0.1, 0.15) is 0 Å². The third-order valence-electron chi connectivity index (χ3n) is 3.46. The van der Waals surface area contributed by atoms with Crippen LogP contribution in [0.2, 0.25) is 0 Å². The van der Waals surface area contributed by atoms with Crippen molar-refractivity contribution in [1.82, 2.24) is 10.2 Å². The predicted molar refractivity (Wildman–Crippen MR) is 78.7 cm³/mol. The van der Waals surface area contributed by atoms with E-state index in [9.17, 15) is 9.59 Å². The van der Waals surface area contributed by atoms with Crippen LogP contribution in [0, 0.1) is 0 Å². The molecule has 5 nitrogen and oxygen atoms in total. The van der Waals surface area contributed by atoms with Crippen LogP contribution in [-0.4, -0.2) is 40.6 Å². The van der Waals surface area contributed by atoms with E-state index in [4.69, 9.17) is 5.11 Å². The van der Waals surface area contributed by atoms with Crippen LogP contribution >= 0.6 is 0 Å². The highest BCUT2D eigenvalue weighted by molar-refractivity contribution is 5.76. The zero-order valence-corrected chi connectivity index (χ0v) is 12.7. The molecule has 20 heavy (non-hydrogen) atoms. The molecule has 0 aliphatic heterocycles. The van der Waals surface area contributed by atoms with E-state index in [1.54, 1.807) is 4.90 Å². The summed E-state index contributed by atoms with van der Waals surface area (Å²) < 4.78 is 0. The first kappa shape index (κ1) is 16.5. The maximum Gasteiger partial charge on any atom is 0.317 e. The van der Waals surface area contributed by atoms with Gasteiger partial charge in [0, 0.05) is 18.6 Å². The molecule has 0 atom stereocenters. The summed E-state index contributed by atoms with van der Waals surface area (Å²) in [5, 5.41) is 11.7. The first-order chi connectivity index (χ1) is 9.30. The number of urea groups is 1. The van der Waals surface area contributed by atoms with Gasteiger partial charge in [0.25, 0.3) is 0 Å². The monoisotopic (exact) mass is 282 g/mol. The molecule has 0 radical (unpaired) electrons. The maximum atomic E-state index is 12.2. The van der Waals surface area contributed by atoms with Crippen molar-refractivity contribution in [3.8, 4) is 0 Å². The molecular formula is C15H26N2O3. The third-order valence-corrected chi connectivity index (χ3v) is 3.46. The van der Waals surface area contributed by atoms with Gasteiger partial charge in [-0.15, -0.1) is 0 Å². The Bertz CT molecular complexity index is 383. The molecule has 0 bridgehead atoms. The zero-order chi connectivity index (χ0) is 15.2. The molecule has 0 fully saturated rings. The van der Waals surface area contributed by atoms with E-state index >= 15 is 0 Å². The number of amides is 2. The summed E-state index contributed by atoms with van der Waals surface area (Å²) >= 11 is 0. The highest BCUT2D eigenvalue weighted by atomic mass is 16.4. The normalized spacial score (nSPS) is 14.8. The third kappa shape index (κ3) is 5.63. The molecule has 0 saturated heterocycles. The molecule has 0 saturated carbocycles. The van der Waals surface area contributed by atoms with Crippen molar-refractivity contribution in [2.75, 3.05) is 13.1 Å². The lowest BCUT2D eigenvalue weighted by Crippen LogP contribution is -2.51. The molecule has 2 amide bonds. The second-order valence-electron chi connectivity index (χ2n) is 6.20. The molecule has 0 aromatic heterocycles. The van der Waals surface area contributed by atoms with Crippen LogP contribution in [0.5, 0.6) is 0 Å². The molecule has 1 rings (SSSR count). The summed E-state index contributed by atoms with van der Waals surface area (Å²) in [5.41, 5.74) is 1.03. The van der Waals surface area contributed by atoms with Crippen molar-refractivity contribution in [2.45, 2.75) is 58.4 Å². The van der Waals surface area contributed by atoms with Crippen LogP contribution in [0.4, 0.5) is 4.79 Å². The topological polar surface area (TPSA) is 69.6 Å². The summed E-state index contributed by atoms with van der Waals surface area (Å²) in [4.78, 5) is 24.4. The first-order valence-corrected chi connectivity index (χ1v) is 7.26. The minimum Gasteiger partial charge on any atom is -0.481 e. The van der Waals surface area contributed by atoms with E-state index in [0.717, 1.165) is 19.3 Å². The Kier molecular flexibility index (Phi) is 6.05. The molecule has 0 aromatic carbocycles. The second kappa shape index (κ2) is 7.31. The highest BCUT2D eigenvalue weighted by Crippen LogP contribution is 2.20. The van der Waals surface area contributed by atoms with Gasteiger partial charge in [-0.05, 0) is 46.5 Å². The lowest BCUT2D eigenvalue weighted by atomic mass is 10.1. The first-order valence-electron chi connectivity index (χ1n) is 7.26. The molecule has 0 spiro atoms. The van der Waals surface area contributed by atoms with Crippen LogP contribution in [0.25, 0.3) is 0 Å². The van der Waals surface area contributed by atoms with Crippen LogP contribution < -0.4 is 5.32 Å². The van der Waals surface area contributed by atoms with Crippen LogP contribution in [0.1, 0.15) is 52.9 Å². The lowest BCUT2D eigenvalue weighted by molar-refractivity contribution is -0.137. The Morgan fingerprint density at radius 2 is 2.10 bits per heavy atom. The number of carboxylic acids is 1. The zero-order valence-electron chi connectivity index (χ0n) is 12.7. The fraction of sp³-hybridized carbons (Fsp3) is 0.733. The molecular weight excluding hydrogens is 256 g/mol. The van der Waals surface area contributed by atoms with E-state index in [1.807, 2.05) is 20.8 Å². The number of hydrogen-bond acceptors (Lipinski definition) is 2. The fourth-order valence-electron chi connectivity index (χ4n) is 2.34. The van der Waals surface area contributed by atoms with E-state index in [1.165, 1.54) is 12.0 Å². The Morgan fingerprint density at radius 3 is 2.60 bits per heavy atom. The number of nitrogens with zero attached hydrogens (tertiary/aromatic N) is 1. The summed E-state index contributed by atoms with van der Waals surface area (Å²) in [6.45, 7) is 6.58. The summed E-state index contributed by atoms with van der Waals surface area (Å²) in [6, 6.07) is -0.183. The minimum absolute atomic E-state index is 0.0319. The number of carbonyl (C=O) groups is 2. The van der Waals surface area contributed by atoms with E-state index in [-0.39, 0.29) is 24.5 Å². The van der Waals surface area contributed by atoms with Crippen molar-refractivity contribution in [3.63, 3.8) is 0 Å². The molecule has 0 unspecified atom stereocenters. The largest absolute Gasteiger partial charge is 0.481 e. The Labute approximate surface area is 121 Å². The molecule has 114 valence electrons. The number of carboxylic acid groups (broad SMARTS) is 1. The SMILES string of the molecule is CC(C)(C)N(CCC(=O)O)C(=O)NCCC1=CCCC1. The Balaban J connectivity index is 2.43. The quantitative estimate of drug-likeness (QED) is 0.736. The molecule has 0 aromatic rings. The molecule has 1 aliphatic rings. The van der Waals surface area contributed by atoms with E-state index < -0.39 is 5.97 Å². The smallest absolute Gasteiger partial charge is 0.317 e. The number of rotatable bonds is 6. The number of nitrogens with one attached hydrogen (secondary N) is 1. The minimum atomic E-state index is -0.886. The lowest BCUT2D eigenvalue weighted by Gasteiger charge is -2.35. The Hall–Kier alpha value is -1.52. The van der Waals surface area contributed by atoms with Crippen LogP contribution in [0.15, 0.2) is 11.6 Å². The van der Waals surface area contributed by atoms with Crippen molar-refractivity contribution < 1.29 is 14.7 Å². The summed E-state index contributed by atoms with van der Waals surface area (Å²) in [5.74, 6) is -0.886. The second-order valence-corrected chi connectivity index (χ2v) is 6.20. The van der Waals surface area contributed by atoms with Crippen molar-refractivity contribution in [2.24, 2.45) is 0 Å². The van der Waals surface area contributed by atoms with Crippen molar-refractivity contribution in [1.29, 1.82) is 0 Å². The van der Waals surface area contributed by atoms with Gasteiger partial charge < -0.3 is 15.3 Å². The summed E-state index contributed by atoms with van der Waals surface area (Å²) in [7, 11) is 0. The van der Waals surface area contributed by atoms with Crippen LogP contribution in [0.3, 0.4) is 0 Å². The highest BCUT2D eigenvalue weighted by Gasteiger charge is 2.26. The van der Waals surface area contributed by atoms with Gasteiger partial charge in [-0.25, -0.2) is 4.79 Å². The van der Waals surface area contributed by atoms with Crippen LogP contribution in [-0.2, 0) is 4.79 Å². The Morgan fingerprint density at radius 1 is 1.40 bits per heavy atom. The van der Waals surface area contributed by atoms with E-state index in [2.05, 4.69) is 11.4 Å². The van der Waals surface area contributed by atoms with E-state index in [0.29, 0.717) is 6.54 Å². The number of aliphatic carboxylic acids is 1. The predicted octanol–water partition coefficient (Wildman–Crippen LogP) is 2.77. The summed E-state index contributed by atoms with van der Waals surface area (Å²) in [6.07, 6.45) is 6.61. The number of hydrogen-bond donors (Lipinski definition) is 2.